The molecular weight excluding hydrogens is 229 g/mol. The van der Waals surface area contributed by atoms with Crippen LogP contribution in [0.15, 0.2) is 0 Å². The van der Waals surface area contributed by atoms with E-state index in [0.717, 1.165) is 31.8 Å². The predicted octanol–water partition coefficient (Wildman–Crippen LogP) is 2.57. The monoisotopic (exact) mass is 252 g/mol. The molecule has 5 heteroatoms. The molecule has 0 aromatic rings. The molecule has 0 bridgehead atoms. The molecule has 0 aliphatic rings. The van der Waals surface area contributed by atoms with E-state index in [-0.39, 0.29) is 0 Å². The maximum Gasteiger partial charge on any atom is 0.506 e. The molecule has 0 aliphatic heterocycles. The molecule has 1 unspecified atom stereocenters. The Morgan fingerprint density at radius 2 is 1.93 bits per heavy atom. The second-order valence-electron chi connectivity index (χ2n) is 3.46. The van der Waals surface area contributed by atoms with Gasteiger partial charge < -0.3 is 4.90 Å². The molecule has 1 N–H and O–H groups in total. The lowest BCUT2D eigenvalue weighted by atomic mass is 10.4. The van der Waals surface area contributed by atoms with Gasteiger partial charge in [0, 0.05) is 12.3 Å². The summed E-state index contributed by atoms with van der Waals surface area (Å²) in [5, 5.41) is 0.342. The Morgan fingerprint density at radius 3 is 2.33 bits per heavy atom. The fraction of sp³-hybridized carbons (Fsp3) is 1.00. The summed E-state index contributed by atoms with van der Waals surface area (Å²) in [5.74, 6) is 1.06. The third kappa shape index (κ3) is 8.21. The molecule has 0 radical (unpaired) electrons. The molecule has 0 heterocycles. The Hall–Kier alpha value is 0.370. The van der Waals surface area contributed by atoms with Crippen molar-refractivity contribution in [3.63, 3.8) is 0 Å². The third-order valence-electron chi connectivity index (χ3n) is 2.47. The largest absolute Gasteiger partial charge is 0.506 e. The van der Waals surface area contributed by atoms with Crippen LogP contribution in [0.3, 0.4) is 0 Å². The van der Waals surface area contributed by atoms with Gasteiger partial charge in [-0.2, -0.15) is 16.7 Å². The van der Waals surface area contributed by atoms with Gasteiger partial charge in [0.15, 0.2) is 6.16 Å². The summed E-state index contributed by atoms with van der Waals surface area (Å²) in [6.45, 7) is 9.65. The van der Waals surface area contributed by atoms with Crippen LogP contribution in [0.2, 0.25) is 0 Å². The van der Waals surface area contributed by atoms with Crippen molar-refractivity contribution >= 4 is 19.8 Å². The SMILES string of the molecule is CC[C@@H](C[P+](=O)O)SCCN(CC)CC. The van der Waals surface area contributed by atoms with Crippen LogP contribution in [-0.2, 0) is 4.57 Å². The highest BCUT2D eigenvalue weighted by molar-refractivity contribution is 8.00. The van der Waals surface area contributed by atoms with Crippen LogP contribution < -0.4 is 0 Å². The van der Waals surface area contributed by atoms with Gasteiger partial charge in [-0.1, -0.05) is 20.8 Å². The Labute approximate surface area is 98.5 Å². The first kappa shape index (κ1) is 15.4. The zero-order valence-electron chi connectivity index (χ0n) is 9.98. The maximum atomic E-state index is 10.7. The van der Waals surface area contributed by atoms with E-state index in [2.05, 4.69) is 25.7 Å². The molecule has 0 saturated heterocycles. The Kier molecular flexibility index (Phi) is 9.82. The average Bonchev–Trinajstić information content (AvgIpc) is 2.22. The van der Waals surface area contributed by atoms with Crippen LogP contribution in [0.25, 0.3) is 0 Å². The van der Waals surface area contributed by atoms with Crippen LogP contribution in [-0.4, -0.2) is 46.6 Å². The summed E-state index contributed by atoms with van der Waals surface area (Å²) < 4.78 is 10.7. The van der Waals surface area contributed by atoms with Gasteiger partial charge in [-0.25, -0.2) is 0 Å². The molecule has 0 saturated carbocycles. The van der Waals surface area contributed by atoms with Gasteiger partial charge in [0.1, 0.15) is 0 Å². The molecule has 0 aliphatic carbocycles. The predicted molar refractivity (Wildman–Crippen MR) is 69.0 cm³/mol. The first-order valence-corrected chi connectivity index (χ1v) is 8.06. The summed E-state index contributed by atoms with van der Waals surface area (Å²) in [6, 6.07) is 0. The fourth-order valence-electron chi connectivity index (χ4n) is 1.36. The number of hydrogen-bond acceptors (Lipinski definition) is 3. The van der Waals surface area contributed by atoms with E-state index in [1.807, 2.05) is 11.8 Å². The van der Waals surface area contributed by atoms with E-state index in [0.29, 0.717) is 11.4 Å². The standard InChI is InChI=1S/C10H22NO2PS/c1-4-10(9-14(12)13)15-8-7-11(5-2)6-3/h10H,4-9H2,1-3H3/p+1/t10-/m0/s1. The average molecular weight is 252 g/mol. The summed E-state index contributed by atoms with van der Waals surface area (Å²) >= 11 is 1.82. The molecule has 90 valence electrons. The van der Waals surface area contributed by atoms with Gasteiger partial charge in [-0.3, -0.25) is 0 Å². The highest BCUT2D eigenvalue weighted by Gasteiger charge is 2.19. The van der Waals surface area contributed by atoms with Crippen molar-refractivity contribution in [2.75, 3.05) is 31.5 Å². The number of thioether (sulfide) groups is 1. The van der Waals surface area contributed by atoms with Crippen LogP contribution in [0.5, 0.6) is 0 Å². The zero-order chi connectivity index (χ0) is 11.7. The first-order valence-electron chi connectivity index (χ1n) is 5.61. The molecular formula is C10H23NO2PS+. The minimum atomic E-state index is -1.97. The van der Waals surface area contributed by atoms with Crippen molar-refractivity contribution in [2.24, 2.45) is 0 Å². The molecule has 2 atom stereocenters. The van der Waals surface area contributed by atoms with Crippen molar-refractivity contribution in [3.8, 4) is 0 Å². The van der Waals surface area contributed by atoms with Gasteiger partial charge in [0.25, 0.3) is 0 Å². The molecule has 0 aromatic carbocycles. The second-order valence-corrected chi connectivity index (χ2v) is 5.94. The normalized spacial score (nSPS) is 14.3. The topological polar surface area (TPSA) is 40.5 Å². The van der Waals surface area contributed by atoms with Crippen molar-refractivity contribution in [1.29, 1.82) is 0 Å². The lowest BCUT2D eigenvalue weighted by molar-refractivity contribution is 0.323. The van der Waals surface area contributed by atoms with E-state index in [4.69, 9.17) is 4.89 Å². The summed E-state index contributed by atoms with van der Waals surface area (Å²) in [5.41, 5.74) is 0. The van der Waals surface area contributed by atoms with Gasteiger partial charge in [-0.05, 0) is 24.1 Å². The molecule has 0 rings (SSSR count). The van der Waals surface area contributed by atoms with Gasteiger partial charge in [0.2, 0.25) is 0 Å². The molecule has 15 heavy (non-hydrogen) atoms. The van der Waals surface area contributed by atoms with E-state index in [1.165, 1.54) is 0 Å². The minimum absolute atomic E-state index is 0.342. The van der Waals surface area contributed by atoms with Gasteiger partial charge in [-0.15, -0.1) is 0 Å². The number of rotatable bonds is 9. The zero-order valence-corrected chi connectivity index (χ0v) is 11.7. The van der Waals surface area contributed by atoms with Crippen LogP contribution in [0.1, 0.15) is 27.2 Å². The number of hydrogen-bond donors (Lipinski definition) is 1. The Balaban J connectivity index is 3.66. The van der Waals surface area contributed by atoms with Crippen molar-refractivity contribution < 1.29 is 9.46 Å². The Morgan fingerprint density at radius 1 is 1.33 bits per heavy atom. The quantitative estimate of drug-likeness (QED) is 0.640. The van der Waals surface area contributed by atoms with Crippen LogP contribution >= 0.6 is 19.8 Å². The number of nitrogens with zero attached hydrogens (tertiary/aromatic N) is 1. The maximum absolute atomic E-state index is 10.7. The molecule has 0 aromatic heterocycles. The lowest BCUT2D eigenvalue weighted by Crippen LogP contribution is -2.26. The van der Waals surface area contributed by atoms with Crippen molar-refractivity contribution in [1.82, 2.24) is 4.90 Å². The minimum Gasteiger partial charge on any atom is -0.303 e. The molecule has 3 nitrogen and oxygen atoms in total. The summed E-state index contributed by atoms with van der Waals surface area (Å²) in [7, 11) is -1.97. The lowest BCUT2D eigenvalue weighted by Gasteiger charge is -2.18. The summed E-state index contributed by atoms with van der Waals surface area (Å²) in [4.78, 5) is 11.2. The van der Waals surface area contributed by atoms with E-state index < -0.39 is 8.03 Å². The van der Waals surface area contributed by atoms with Gasteiger partial charge in [0.05, 0.1) is 5.25 Å². The highest BCUT2D eigenvalue weighted by atomic mass is 32.2. The van der Waals surface area contributed by atoms with E-state index in [1.54, 1.807) is 0 Å². The summed E-state index contributed by atoms with van der Waals surface area (Å²) in [6.07, 6.45) is 1.42. The third-order valence-corrected chi connectivity index (χ3v) is 4.86. The fourth-order valence-corrected chi connectivity index (χ4v) is 3.71. The van der Waals surface area contributed by atoms with Gasteiger partial charge >= 0.3 is 8.03 Å². The van der Waals surface area contributed by atoms with Crippen LogP contribution in [0, 0.1) is 0 Å². The Bertz CT molecular complexity index is 177. The molecule has 0 spiro atoms. The second kappa shape index (κ2) is 9.59. The molecule has 0 fully saturated rings. The van der Waals surface area contributed by atoms with Crippen molar-refractivity contribution in [2.45, 2.75) is 32.4 Å². The van der Waals surface area contributed by atoms with Crippen molar-refractivity contribution in [3.05, 3.63) is 0 Å². The van der Waals surface area contributed by atoms with E-state index >= 15 is 0 Å². The smallest absolute Gasteiger partial charge is 0.303 e. The van der Waals surface area contributed by atoms with E-state index in [9.17, 15) is 4.57 Å². The molecule has 0 amide bonds. The first-order chi connectivity index (χ1) is 7.13. The van der Waals surface area contributed by atoms with Crippen LogP contribution in [0.4, 0.5) is 0 Å². The highest BCUT2D eigenvalue weighted by Crippen LogP contribution is 2.24.